The Morgan fingerprint density at radius 2 is 1.78 bits per heavy atom. The van der Waals surface area contributed by atoms with Crippen LogP contribution in [0.25, 0.3) is 11.1 Å². The van der Waals surface area contributed by atoms with Crippen LogP contribution >= 0.6 is 0 Å². The Labute approximate surface area is 210 Å². The smallest absolute Gasteiger partial charge is 0.410 e. The number of aliphatic hydroxyl groups is 1. The summed E-state index contributed by atoms with van der Waals surface area (Å²) < 4.78 is 12.4. The van der Waals surface area contributed by atoms with Crippen molar-refractivity contribution in [2.75, 3.05) is 26.3 Å². The van der Waals surface area contributed by atoms with Crippen molar-refractivity contribution in [3.8, 4) is 11.1 Å². The fourth-order valence-corrected chi connectivity index (χ4v) is 5.30. The molecule has 2 aliphatic heterocycles. The normalized spacial score (nSPS) is 21.8. The van der Waals surface area contributed by atoms with E-state index in [-0.39, 0.29) is 31.6 Å². The second-order valence-corrected chi connectivity index (χ2v) is 10.8. The molecule has 1 amide bonds. The molecule has 0 bridgehead atoms. The molecule has 0 aliphatic carbocycles. The van der Waals surface area contributed by atoms with Gasteiger partial charge in [0, 0.05) is 49.5 Å². The van der Waals surface area contributed by atoms with E-state index in [0.717, 1.165) is 0 Å². The van der Waals surface area contributed by atoms with E-state index < -0.39 is 34.2 Å². The first kappa shape index (κ1) is 25.9. The minimum Gasteiger partial charge on any atom is -0.478 e. The highest BCUT2D eigenvalue weighted by molar-refractivity contribution is 5.95. The molecule has 9 nitrogen and oxygen atoms in total. The molecule has 1 aromatic carbocycles. The van der Waals surface area contributed by atoms with Crippen LogP contribution in [-0.4, -0.2) is 69.2 Å². The molecule has 2 aliphatic rings. The monoisotopic (exact) mass is 498 g/mol. The van der Waals surface area contributed by atoms with Crippen molar-refractivity contribution < 1.29 is 29.3 Å². The Kier molecular flexibility index (Phi) is 6.99. The molecule has 194 valence electrons. The zero-order valence-electron chi connectivity index (χ0n) is 21.0. The Morgan fingerprint density at radius 3 is 2.39 bits per heavy atom. The molecule has 1 unspecified atom stereocenters. The molecule has 2 aromatic rings. The van der Waals surface area contributed by atoms with Crippen LogP contribution in [0.1, 0.15) is 50.4 Å². The fraction of sp³-hybridized carbons (Fsp3) is 0.519. The molecule has 0 radical (unpaired) electrons. The van der Waals surface area contributed by atoms with Gasteiger partial charge in [0.25, 0.3) is 5.56 Å². The van der Waals surface area contributed by atoms with Gasteiger partial charge in [0.1, 0.15) is 5.60 Å². The van der Waals surface area contributed by atoms with Crippen molar-refractivity contribution in [2.45, 2.75) is 57.8 Å². The number of carboxylic acids is 1. The number of hydrogen-bond acceptors (Lipinski definition) is 6. The van der Waals surface area contributed by atoms with Gasteiger partial charge in [0.2, 0.25) is 0 Å². The highest BCUT2D eigenvalue weighted by atomic mass is 16.6. The number of likely N-dealkylation sites (tertiary alicyclic amines) is 1. The summed E-state index contributed by atoms with van der Waals surface area (Å²) >= 11 is 0. The van der Waals surface area contributed by atoms with Gasteiger partial charge in [-0.05, 0) is 45.6 Å². The maximum Gasteiger partial charge on any atom is 0.410 e. The SMILES string of the molecule is CC(C)(C)OC(=O)N1CCC(O)(Cn2cc(C(=O)O)c(-c3ccccc3)cc2=O)C2(CCOCC2)C1. The summed E-state index contributed by atoms with van der Waals surface area (Å²) in [4.78, 5) is 39.7. The number of aromatic nitrogens is 1. The second kappa shape index (κ2) is 9.71. The van der Waals surface area contributed by atoms with E-state index in [0.29, 0.717) is 37.2 Å². The first-order valence-electron chi connectivity index (χ1n) is 12.2. The van der Waals surface area contributed by atoms with Crippen LogP contribution in [-0.2, 0) is 16.0 Å². The lowest BCUT2D eigenvalue weighted by Crippen LogP contribution is -2.64. The number of nitrogens with zero attached hydrogens (tertiary/aromatic N) is 2. The van der Waals surface area contributed by atoms with Crippen LogP contribution < -0.4 is 5.56 Å². The van der Waals surface area contributed by atoms with Crippen molar-refractivity contribution in [3.63, 3.8) is 0 Å². The zero-order valence-corrected chi connectivity index (χ0v) is 21.0. The third-order valence-electron chi connectivity index (χ3n) is 7.25. The largest absolute Gasteiger partial charge is 0.478 e. The van der Waals surface area contributed by atoms with E-state index in [1.165, 1.54) is 16.8 Å². The fourth-order valence-electron chi connectivity index (χ4n) is 5.30. The summed E-state index contributed by atoms with van der Waals surface area (Å²) in [6, 6.07) is 10.2. The van der Waals surface area contributed by atoms with E-state index in [1.54, 1.807) is 49.9 Å². The third kappa shape index (κ3) is 5.17. The number of carbonyl (C=O) groups excluding carboxylic acids is 1. The van der Waals surface area contributed by atoms with Gasteiger partial charge >= 0.3 is 12.1 Å². The average molecular weight is 499 g/mol. The van der Waals surface area contributed by atoms with E-state index >= 15 is 0 Å². The number of piperidine rings is 1. The molecule has 2 saturated heterocycles. The molecule has 2 fully saturated rings. The van der Waals surface area contributed by atoms with E-state index in [2.05, 4.69) is 0 Å². The average Bonchev–Trinajstić information content (AvgIpc) is 2.82. The first-order valence-corrected chi connectivity index (χ1v) is 12.2. The molecular weight excluding hydrogens is 464 g/mol. The van der Waals surface area contributed by atoms with Crippen molar-refractivity contribution >= 4 is 12.1 Å². The van der Waals surface area contributed by atoms with Crippen molar-refractivity contribution in [2.24, 2.45) is 5.41 Å². The van der Waals surface area contributed by atoms with Crippen LogP contribution in [0.3, 0.4) is 0 Å². The number of aromatic carboxylic acids is 1. The molecule has 0 saturated carbocycles. The molecule has 2 N–H and O–H groups in total. The quantitative estimate of drug-likeness (QED) is 0.663. The van der Waals surface area contributed by atoms with Crippen molar-refractivity contribution in [3.05, 3.63) is 58.5 Å². The molecule has 1 aromatic heterocycles. The third-order valence-corrected chi connectivity index (χ3v) is 7.25. The number of ether oxygens (including phenoxy) is 2. The summed E-state index contributed by atoms with van der Waals surface area (Å²) in [5, 5.41) is 21.9. The number of pyridine rings is 1. The standard InChI is InChI=1S/C27H34N2O7/c1-25(2,3)36-24(33)28-12-9-27(34,26(17-28)10-13-35-14-11-26)18-29-16-21(23(31)32)20(15-22(29)30)19-7-5-4-6-8-19/h4-8,15-16,34H,9-14,17-18H2,1-3H3,(H,31,32). The molecule has 1 spiro atoms. The summed E-state index contributed by atoms with van der Waals surface area (Å²) in [5.74, 6) is -1.16. The number of hydrogen-bond donors (Lipinski definition) is 2. The van der Waals surface area contributed by atoms with Crippen LogP contribution in [0.15, 0.2) is 47.4 Å². The van der Waals surface area contributed by atoms with Crippen LogP contribution in [0.5, 0.6) is 0 Å². The van der Waals surface area contributed by atoms with Crippen LogP contribution in [0, 0.1) is 5.41 Å². The Bertz CT molecular complexity index is 1180. The molecule has 4 rings (SSSR count). The van der Waals surface area contributed by atoms with E-state index in [9.17, 15) is 24.6 Å². The van der Waals surface area contributed by atoms with Gasteiger partial charge in [-0.1, -0.05) is 30.3 Å². The molecule has 9 heteroatoms. The predicted molar refractivity (Wildman–Crippen MR) is 133 cm³/mol. The van der Waals surface area contributed by atoms with Gasteiger partial charge in [0.15, 0.2) is 0 Å². The maximum absolute atomic E-state index is 13.2. The Hall–Kier alpha value is -3.17. The van der Waals surface area contributed by atoms with Crippen LogP contribution in [0.2, 0.25) is 0 Å². The lowest BCUT2D eigenvalue weighted by molar-refractivity contribution is -0.176. The van der Waals surface area contributed by atoms with Gasteiger partial charge in [-0.2, -0.15) is 0 Å². The Balaban J connectivity index is 1.68. The summed E-state index contributed by atoms with van der Waals surface area (Å²) in [6.07, 6.45) is 2.12. The number of amides is 1. The van der Waals surface area contributed by atoms with E-state index in [4.69, 9.17) is 9.47 Å². The molecule has 3 heterocycles. The Morgan fingerprint density at radius 1 is 1.11 bits per heavy atom. The molecular formula is C27H34N2O7. The van der Waals surface area contributed by atoms with Gasteiger partial charge in [-0.15, -0.1) is 0 Å². The second-order valence-electron chi connectivity index (χ2n) is 10.8. The number of rotatable bonds is 4. The van der Waals surface area contributed by atoms with Gasteiger partial charge in [0.05, 0.1) is 17.7 Å². The van der Waals surface area contributed by atoms with Gasteiger partial charge in [-0.25, -0.2) is 9.59 Å². The highest BCUT2D eigenvalue weighted by Crippen LogP contribution is 2.47. The highest BCUT2D eigenvalue weighted by Gasteiger charge is 2.55. The summed E-state index contributed by atoms with van der Waals surface area (Å²) in [5.41, 5.74) is -2.17. The van der Waals surface area contributed by atoms with Crippen molar-refractivity contribution in [1.82, 2.24) is 9.47 Å². The topological polar surface area (TPSA) is 118 Å². The molecule has 1 atom stereocenters. The predicted octanol–water partition coefficient (Wildman–Crippen LogP) is 3.38. The van der Waals surface area contributed by atoms with E-state index in [1.807, 2.05) is 6.07 Å². The first-order chi connectivity index (χ1) is 16.9. The summed E-state index contributed by atoms with van der Waals surface area (Å²) in [6.45, 7) is 6.71. The molecule has 36 heavy (non-hydrogen) atoms. The summed E-state index contributed by atoms with van der Waals surface area (Å²) in [7, 11) is 0. The number of carboxylic acid groups (broad SMARTS) is 1. The van der Waals surface area contributed by atoms with Gasteiger partial charge < -0.3 is 29.2 Å². The van der Waals surface area contributed by atoms with Crippen LogP contribution in [0.4, 0.5) is 4.79 Å². The van der Waals surface area contributed by atoms with Gasteiger partial charge in [-0.3, -0.25) is 4.79 Å². The minimum atomic E-state index is -1.34. The number of benzene rings is 1. The lowest BCUT2D eigenvalue weighted by atomic mass is 9.63. The number of carbonyl (C=O) groups is 2. The maximum atomic E-state index is 13.2. The van der Waals surface area contributed by atoms with Crippen molar-refractivity contribution in [1.29, 1.82) is 0 Å². The lowest BCUT2D eigenvalue weighted by Gasteiger charge is -2.55. The zero-order chi connectivity index (χ0) is 26.1. The minimum absolute atomic E-state index is 0.0170.